The van der Waals surface area contributed by atoms with Gasteiger partial charge in [-0.05, 0) is 23.5 Å². The molecule has 1 aliphatic carbocycles. The van der Waals surface area contributed by atoms with Crippen molar-refractivity contribution in [2.45, 2.75) is 20.3 Å². The lowest BCUT2D eigenvalue weighted by molar-refractivity contribution is -0.112. The maximum absolute atomic E-state index is 10.9. The van der Waals surface area contributed by atoms with Crippen molar-refractivity contribution in [2.75, 3.05) is 0 Å². The second-order valence-electron chi connectivity index (χ2n) is 3.47. The van der Waals surface area contributed by atoms with Gasteiger partial charge in [-0.2, -0.15) is 0 Å². The van der Waals surface area contributed by atoms with E-state index in [-0.39, 0.29) is 11.2 Å². The minimum Gasteiger partial charge on any atom is -0.290 e. The predicted octanol–water partition coefficient (Wildman–Crippen LogP) is 2.10. The van der Waals surface area contributed by atoms with Crippen molar-refractivity contribution in [3.8, 4) is 0 Å². The standard InChI is InChI=1S/C9H12O/c1-7-6-9(2,3)5-4-8(7)10/h4-5H,1,6H2,2-3H3. The van der Waals surface area contributed by atoms with Gasteiger partial charge in [0.05, 0.1) is 0 Å². The fourth-order valence-corrected chi connectivity index (χ4v) is 1.12. The Morgan fingerprint density at radius 2 is 2.20 bits per heavy atom. The van der Waals surface area contributed by atoms with Gasteiger partial charge in [-0.1, -0.05) is 26.5 Å². The summed E-state index contributed by atoms with van der Waals surface area (Å²) in [5.74, 6) is 0.0827. The van der Waals surface area contributed by atoms with E-state index in [0.29, 0.717) is 0 Å². The van der Waals surface area contributed by atoms with Crippen molar-refractivity contribution in [1.29, 1.82) is 0 Å². The van der Waals surface area contributed by atoms with E-state index in [9.17, 15) is 4.79 Å². The maximum Gasteiger partial charge on any atom is 0.180 e. The van der Waals surface area contributed by atoms with Gasteiger partial charge in [0.15, 0.2) is 5.78 Å². The summed E-state index contributed by atoms with van der Waals surface area (Å²) in [6.07, 6.45) is 4.36. The van der Waals surface area contributed by atoms with Crippen LogP contribution in [0.3, 0.4) is 0 Å². The minimum absolute atomic E-state index is 0.0827. The van der Waals surface area contributed by atoms with Crippen LogP contribution in [-0.2, 0) is 4.79 Å². The molecule has 0 saturated heterocycles. The Morgan fingerprint density at radius 3 is 2.60 bits per heavy atom. The normalized spacial score (nSPS) is 23.4. The Bertz CT molecular complexity index is 209. The van der Waals surface area contributed by atoms with Crippen molar-refractivity contribution in [3.63, 3.8) is 0 Å². The Balaban J connectivity index is 2.89. The van der Waals surface area contributed by atoms with Crippen molar-refractivity contribution in [2.24, 2.45) is 5.41 Å². The molecule has 0 N–H and O–H groups in total. The van der Waals surface area contributed by atoms with Gasteiger partial charge in [0.25, 0.3) is 0 Å². The molecule has 1 nitrogen and oxygen atoms in total. The SMILES string of the molecule is C=C1CC(C)(C)C=CC1=O. The van der Waals surface area contributed by atoms with Gasteiger partial charge in [0.1, 0.15) is 0 Å². The summed E-state index contributed by atoms with van der Waals surface area (Å²) in [7, 11) is 0. The van der Waals surface area contributed by atoms with Gasteiger partial charge >= 0.3 is 0 Å². The Labute approximate surface area is 61.4 Å². The van der Waals surface area contributed by atoms with Crippen LogP contribution in [-0.4, -0.2) is 5.78 Å². The van der Waals surface area contributed by atoms with Crippen molar-refractivity contribution in [1.82, 2.24) is 0 Å². The fraction of sp³-hybridized carbons (Fsp3) is 0.444. The van der Waals surface area contributed by atoms with Crippen molar-refractivity contribution in [3.05, 3.63) is 24.3 Å². The zero-order valence-corrected chi connectivity index (χ0v) is 6.48. The third-order valence-electron chi connectivity index (χ3n) is 1.70. The van der Waals surface area contributed by atoms with Crippen LogP contribution in [0.5, 0.6) is 0 Å². The first-order chi connectivity index (χ1) is 4.51. The third-order valence-corrected chi connectivity index (χ3v) is 1.70. The van der Waals surface area contributed by atoms with Crippen molar-refractivity contribution >= 4 is 5.78 Å². The van der Waals surface area contributed by atoms with Crippen LogP contribution < -0.4 is 0 Å². The second kappa shape index (κ2) is 2.08. The molecular formula is C9H12O. The molecular weight excluding hydrogens is 124 g/mol. The molecule has 0 fully saturated rings. The average Bonchev–Trinajstić information content (AvgIpc) is 1.79. The van der Waals surface area contributed by atoms with Crippen LogP contribution in [0.25, 0.3) is 0 Å². The summed E-state index contributed by atoms with van der Waals surface area (Å²) in [6.45, 7) is 7.89. The predicted molar refractivity (Wildman–Crippen MR) is 41.7 cm³/mol. The molecule has 0 radical (unpaired) electrons. The topological polar surface area (TPSA) is 17.1 Å². The molecule has 0 spiro atoms. The molecule has 10 heavy (non-hydrogen) atoms. The van der Waals surface area contributed by atoms with Crippen LogP contribution in [0, 0.1) is 5.41 Å². The van der Waals surface area contributed by atoms with Crippen LogP contribution in [0.4, 0.5) is 0 Å². The first-order valence-corrected chi connectivity index (χ1v) is 3.43. The van der Waals surface area contributed by atoms with E-state index in [4.69, 9.17) is 0 Å². The molecule has 54 valence electrons. The molecule has 1 heteroatoms. The molecule has 0 atom stereocenters. The second-order valence-corrected chi connectivity index (χ2v) is 3.47. The lowest BCUT2D eigenvalue weighted by Gasteiger charge is -2.23. The molecule has 0 bridgehead atoms. The van der Waals surface area contributed by atoms with E-state index in [1.54, 1.807) is 6.08 Å². The third kappa shape index (κ3) is 1.35. The first-order valence-electron chi connectivity index (χ1n) is 3.43. The highest BCUT2D eigenvalue weighted by Gasteiger charge is 2.22. The van der Waals surface area contributed by atoms with E-state index in [1.807, 2.05) is 6.08 Å². The number of ketones is 1. The number of allylic oxidation sites excluding steroid dienone is 3. The van der Waals surface area contributed by atoms with Crippen LogP contribution in [0.1, 0.15) is 20.3 Å². The maximum atomic E-state index is 10.9. The number of hydrogen-bond acceptors (Lipinski definition) is 1. The zero-order valence-electron chi connectivity index (χ0n) is 6.48. The van der Waals surface area contributed by atoms with Crippen LogP contribution in [0.15, 0.2) is 24.3 Å². The zero-order chi connectivity index (χ0) is 7.78. The van der Waals surface area contributed by atoms with Gasteiger partial charge in [-0.25, -0.2) is 0 Å². The Hall–Kier alpha value is -0.850. The van der Waals surface area contributed by atoms with E-state index < -0.39 is 0 Å². The summed E-state index contributed by atoms with van der Waals surface area (Å²) in [5, 5.41) is 0. The Morgan fingerprint density at radius 1 is 1.60 bits per heavy atom. The van der Waals surface area contributed by atoms with E-state index in [1.165, 1.54) is 0 Å². The molecule has 0 aromatic rings. The summed E-state index contributed by atoms with van der Waals surface area (Å²) < 4.78 is 0. The molecule has 0 aliphatic heterocycles. The van der Waals surface area contributed by atoms with Crippen LogP contribution >= 0.6 is 0 Å². The lowest BCUT2D eigenvalue weighted by Crippen LogP contribution is -2.17. The van der Waals surface area contributed by atoms with Gasteiger partial charge < -0.3 is 0 Å². The number of carbonyl (C=O) groups is 1. The van der Waals surface area contributed by atoms with Gasteiger partial charge in [-0.15, -0.1) is 0 Å². The first kappa shape index (κ1) is 7.26. The van der Waals surface area contributed by atoms with Gasteiger partial charge in [0.2, 0.25) is 0 Å². The lowest BCUT2D eigenvalue weighted by atomic mass is 9.80. The van der Waals surface area contributed by atoms with Gasteiger partial charge in [-0.3, -0.25) is 4.79 Å². The number of rotatable bonds is 0. The summed E-state index contributed by atoms with van der Waals surface area (Å²) in [6, 6.07) is 0. The molecule has 0 amide bonds. The highest BCUT2D eigenvalue weighted by Crippen LogP contribution is 2.30. The summed E-state index contributed by atoms with van der Waals surface area (Å²) in [4.78, 5) is 10.9. The molecule has 0 heterocycles. The molecule has 0 aromatic carbocycles. The van der Waals surface area contributed by atoms with Crippen LogP contribution in [0.2, 0.25) is 0 Å². The molecule has 0 unspecified atom stereocenters. The highest BCUT2D eigenvalue weighted by molar-refractivity contribution is 6.04. The van der Waals surface area contributed by atoms with Crippen molar-refractivity contribution < 1.29 is 4.79 Å². The Kier molecular flexibility index (Phi) is 1.51. The molecule has 1 aliphatic rings. The molecule has 0 aromatic heterocycles. The minimum atomic E-state index is 0.0827. The number of hydrogen-bond donors (Lipinski definition) is 0. The highest BCUT2D eigenvalue weighted by atomic mass is 16.1. The largest absolute Gasteiger partial charge is 0.290 e. The number of carbonyl (C=O) groups excluding carboxylic acids is 1. The van der Waals surface area contributed by atoms with E-state index in [2.05, 4.69) is 20.4 Å². The smallest absolute Gasteiger partial charge is 0.180 e. The van der Waals surface area contributed by atoms with Gasteiger partial charge in [0, 0.05) is 0 Å². The molecule has 0 saturated carbocycles. The van der Waals surface area contributed by atoms with E-state index >= 15 is 0 Å². The van der Waals surface area contributed by atoms with E-state index in [0.717, 1.165) is 12.0 Å². The summed E-state index contributed by atoms with van der Waals surface area (Å²) >= 11 is 0. The average molecular weight is 136 g/mol. The molecule has 1 rings (SSSR count). The fourth-order valence-electron chi connectivity index (χ4n) is 1.12. The summed E-state index contributed by atoms with van der Waals surface area (Å²) in [5.41, 5.74) is 0.859. The monoisotopic (exact) mass is 136 g/mol. The quantitative estimate of drug-likeness (QED) is 0.466.